The number of para-hydroxylation sites is 1. The van der Waals surface area contributed by atoms with E-state index >= 15 is 0 Å². The summed E-state index contributed by atoms with van der Waals surface area (Å²) < 4.78 is 0. The van der Waals surface area contributed by atoms with Crippen LogP contribution in [0, 0.1) is 17.8 Å². The summed E-state index contributed by atoms with van der Waals surface area (Å²) in [6.07, 6.45) is 4.56. The number of imide groups is 1. The normalized spacial score (nSPS) is 24.0. The number of hydrogen-bond acceptors (Lipinski definition) is 3. The number of allylic oxidation sites excluding steroid dienone is 2. The maximum Gasteiger partial charge on any atom is 0.255 e. The third kappa shape index (κ3) is 3.05. The van der Waals surface area contributed by atoms with Crippen LogP contribution in [0.2, 0.25) is 0 Å². The van der Waals surface area contributed by atoms with Gasteiger partial charge in [-0.05, 0) is 42.7 Å². The van der Waals surface area contributed by atoms with Crippen LogP contribution in [0.1, 0.15) is 23.7 Å². The van der Waals surface area contributed by atoms with Crippen LogP contribution in [-0.4, -0.2) is 17.7 Å². The van der Waals surface area contributed by atoms with Gasteiger partial charge in [0.25, 0.3) is 5.91 Å². The molecule has 0 spiro atoms. The Kier molecular flexibility index (Phi) is 4.36. The highest BCUT2D eigenvalue weighted by atomic mass is 16.2. The molecule has 0 aromatic heterocycles. The number of carbonyl (C=O) groups excluding carboxylic acids is 3. The summed E-state index contributed by atoms with van der Waals surface area (Å²) in [5.74, 6) is -1.22. The third-order valence-electron chi connectivity index (χ3n) is 5.27. The summed E-state index contributed by atoms with van der Waals surface area (Å²) in [6, 6.07) is 15.8. The highest BCUT2D eigenvalue weighted by Gasteiger charge is 2.50. The van der Waals surface area contributed by atoms with Crippen molar-refractivity contribution in [2.24, 2.45) is 17.8 Å². The van der Waals surface area contributed by atoms with Gasteiger partial charge in [0, 0.05) is 11.3 Å². The van der Waals surface area contributed by atoms with Gasteiger partial charge in [-0.3, -0.25) is 19.3 Å². The van der Waals surface area contributed by atoms with Crippen molar-refractivity contribution in [3.05, 3.63) is 72.3 Å². The zero-order chi connectivity index (χ0) is 19.0. The highest BCUT2D eigenvalue weighted by molar-refractivity contribution is 6.22. The van der Waals surface area contributed by atoms with Gasteiger partial charge in [-0.1, -0.05) is 43.3 Å². The molecule has 5 heteroatoms. The van der Waals surface area contributed by atoms with Crippen molar-refractivity contribution < 1.29 is 14.4 Å². The van der Waals surface area contributed by atoms with Crippen molar-refractivity contribution in [2.75, 3.05) is 10.2 Å². The molecule has 0 unspecified atom stereocenters. The molecule has 2 aliphatic rings. The quantitative estimate of drug-likeness (QED) is 0.671. The van der Waals surface area contributed by atoms with Crippen LogP contribution in [0.5, 0.6) is 0 Å². The Balaban J connectivity index is 1.60. The van der Waals surface area contributed by atoms with Gasteiger partial charge in [-0.15, -0.1) is 0 Å². The first-order valence-electron chi connectivity index (χ1n) is 9.07. The molecule has 1 fully saturated rings. The fourth-order valence-electron chi connectivity index (χ4n) is 3.91. The summed E-state index contributed by atoms with van der Waals surface area (Å²) in [5, 5.41) is 2.82. The summed E-state index contributed by atoms with van der Waals surface area (Å²) in [5.41, 5.74) is 1.54. The molecule has 1 heterocycles. The first-order valence-corrected chi connectivity index (χ1v) is 9.07. The number of nitrogens with one attached hydrogen (secondary N) is 1. The van der Waals surface area contributed by atoms with Crippen LogP contribution in [0.4, 0.5) is 11.4 Å². The fraction of sp³-hybridized carbons (Fsp3) is 0.227. The molecule has 1 N–H and O–H groups in total. The molecule has 5 nitrogen and oxygen atoms in total. The number of fused-ring (bicyclic) bond motifs is 1. The van der Waals surface area contributed by atoms with Gasteiger partial charge in [-0.2, -0.15) is 0 Å². The lowest BCUT2D eigenvalue weighted by Crippen LogP contribution is -2.31. The first-order chi connectivity index (χ1) is 13.1. The second-order valence-corrected chi connectivity index (χ2v) is 7.04. The van der Waals surface area contributed by atoms with E-state index < -0.39 is 0 Å². The number of anilines is 2. The molecule has 27 heavy (non-hydrogen) atoms. The van der Waals surface area contributed by atoms with Gasteiger partial charge in [-0.25, -0.2) is 0 Å². The van der Waals surface area contributed by atoms with E-state index in [4.69, 9.17) is 0 Å². The van der Waals surface area contributed by atoms with Crippen LogP contribution in [-0.2, 0) is 9.59 Å². The molecule has 2 aromatic rings. The summed E-state index contributed by atoms with van der Waals surface area (Å²) in [7, 11) is 0. The summed E-state index contributed by atoms with van der Waals surface area (Å²) >= 11 is 0. The van der Waals surface area contributed by atoms with Gasteiger partial charge in [0.1, 0.15) is 0 Å². The van der Waals surface area contributed by atoms with Crippen molar-refractivity contribution >= 4 is 29.1 Å². The number of rotatable bonds is 3. The molecule has 4 rings (SSSR count). The van der Waals surface area contributed by atoms with Gasteiger partial charge in [0.05, 0.1) is 17.5 Å². The van der Waals surface area contributed by atoms with E-state index in [1.54, 1.807) is 36.4 Å². The Morgan fingerprint density at radius 3 is 2.56 bits per heavy atom. The SMILES string of the molecule is C[C@@H]1C=CC[C@@H]2C(=O)N(c3cccc(C(=O)Nc4ccccc4)c3)C(=O)[C@H]12. The van der Waals surface area contributed by atoms with Gasteiger partial charge >= 0.3 is 0 Å². The Bertz CT molecular complexity index is 936. The first kappa shape index (κ1) is 17.2. The predicted octanol–water partition coefficient (Wildman–Crippen LogP) is 3.64. The fourth-order valence-corrected chi connectivity index (χ4v) is 3.91. The molecule has 0 radical (unpaired) electrons. The molecule has 1 saturated heterocycles. The minimum absolute atomic E-state index is 0.0368. The minimum Gasteiger partial charge on any atom is -0.322 e. The van der Waals surface area contributed by atoms with E-state index in [1.807, 2.05) is 37.3 Å². The van der Waals surface area contributed by atoms with Crippen molar-refractivity contribution in [1.29, 1.82) is 0 Å². The molecular formula is C22H20N2O3. The molecule has 1 aliphatic heterocycles. The lowest BCUT2D eigenvalue weighted by Gasteiger charge is -2.22. The van der Waals surface area contributed by atoms with E-state index in [9.17, 15) is 14.4 Å². The van der Waals surface area contributed by atoms with E-state index in [0.717, 1.165) is 0 Å². The zero-order valence-corrected chi connectivity index (χ0v) is 15.0. The molecule has 3 atom stereocenters. The maximum atomic E-state index is 12.9. The van der Waals surface area contributed by atoms with Crippen LogP contribution in [0.3, 0.4) is 0 Å². The summed E-state index contributed by atoms with van der Waals surface area (Å²) in [6.45, 7) is 1.96. The lowest BCUT2D eigenvalue weighted by molar-refractivity contribution is -0.122. The minimum atomic E-state index is -0.315. The van der Waals surface area contributed by atoms with Gasteiger partial charge in [0.15, 0.2) is 0 Å². The van der Waals surface area contributed by atoms with Crippen molar-refractivity contribution in [3.8, 4) is 0 Å². The monoisotopic (exact) mass is 360 g/mol. The molecule has 3 amide bonds. The smallest absolute Gasteiger partial charge is 0.255 e. The average molecular weight is 360 g/mol. The molecule has 136 valence electrons. The van der Waals surface area contributed by atoms with Crippen LogP contribution in [0.25, 0.3) is 0 Å². The third-order valence-corrected chi connectivity index (χ3v) is 5.27. The largest absolute Gasteiger partial charge is 0.322 e. The standard InChI is InChI=1S/C22H20N2O3/c1-14-7-5-12-18-19(14)22(27)24(21(18)26)17-11-6-8-15(13-17)20(25)23-16-9-3-2-4-10-16/h2-11,13-14,18-19H,12H2,1H3,(H,23,25)/t14-,18+,19-/m1/s1. The summed E-state index contributed by atoms with van der Waals surface area (Å²) in [4.78, 5) is 39.5. The number of benzene rings is 2. The van der Waals surface area contributed by atoms with Crippen molar-refractivity contribution in [1.82, 2.24) is 0 Å². The Labute approximate surface area is 157 Å². The molecule has 0 bridgehead atoms. The highest BCUT2D eigenvalue weighted by Crippen LogP contribution is 2.40. The molecule has 2 aromatic carbocycles. The van der Waals surface area contributed by atoms with Gasteiger partial charge in [0.2, 0.25) is 11.8 Å². The number of hydrogen-bond donors (Lipinski definition) is 1. The maximum absolute atomic E-state index is 12.9. The zero-order valence-electron chi connectivity index (χ0n) is 15.0. The van der Waals surface area contributed by atoms with Crippen LogP contribution in [0.15, 0.2) is 66.7 Å². The number of carbonyl (C=O) groups is 3. The van der Waals surface area contributed by atoms with Crippen molar-refractivity contribution in [3.63, 3.8) is 0 Å². The Hall–Kier alpha value is -3.21. The molecule has 0 saturated carbocycles. The number of nitrogens with zero attached hydrogens (tertiary/aromatic N) is 1. The topological polar surface area (TPSA) is 66.5 Å². The predicted molar refractivity (Wildman–Crippen MR) is 103 cm³/mol. The second kappa shape index (κ2) is 6.83. The van der Waals surface area contributed by atoms with E-state index in [-0.39, 0.29) is 35.5 Å². The van der Waals surface area contributed by atoms with E-state index in [1.165, 1.54) is 4.90 Å². The van der Waals surface area contributed by atoms with Crippen molar-refractivity contribution in [2.45, 2.75) is 13.3 Å². The average Bonchev–Trinajstić information content (AvgIpc) is 2.94. The Morgan fingerprint density at radius 1 is 1.04 bits per heavy atom. The molecular weight excluding hydrogens is 340 g/mol. The number of amides is 3. The van der Waals surface area contributed by atoms with Gasteiger partial charge < -0.3 is 5.32 Å². The second-order valence-electron chi connectivity index (χ2n) is 7.04. The van der Waals surface area contributed by atoms with E-state index in [0.29, 0.717) is 23.4 Å². The van der Waals surface area contributed by atoms with Crippen LogP contribution >= 0.6 is 0 Å². The van der Waals surface area contributed by atoms with E-state index in [2.05, 4.69) is 5.32 Å². The lowest BCUT2D eigenvalue weighted by atomic mass is 9.78. The Morgan fingerprint density at radius 2 is 1.81 bits per heavy atom. The van der Waals surface area contributed by atoms with Crippen LogP contribution < -0.4 is 10.2 Å². The molecule has 1 aliphatic carbocycles.